The summed E-state index contributed by atoms with van der Waals surface area (Å²) >= 11 is 0. The molecule has 0 saturated carbocycles. The zero-order chi connectivity index (χ0) is 18.4. The Morgan fingerprint density at radius 3 is 2.69 bits per heavy atom. The van der Waals surface area contributed by atoms with Crippen LogP contribution in [0.2, 0.25) is 0 Å². The normalized spacial score (nSPS) is 15.1. The summed E-state index contributed by atoms with van der Waals surface area (Å²) < 4.78 is 5.14. The van der Waals surface area contributed by atoms with Gasteiger partial charge in [-0.05, 0) is 29.7 Å². The van der Waals surface area contributed by atoms with E-state index < -0.39 is 0 Å². The molecule has 26 heavy (non-hydrogen) atoms. The summed E-state index contributed by atoms with van der Waals surface area (Å²) in [5.74, 6) is 0.00530. The Hall–Kier alpha value is -2.66. The minimum atomic E-state index is -0.239. The van der Waals surface area contributed by atoms with E-state index in [4.69, 9.17) is 4.74 Å². The first-order chi connectivity index (χ1) is 12.7. The first-order valence-corrected chi connectivity index (χ1v) is 8.89. The zero-order valence-electron chi connectivity index (χ0n) is 15.0. The second-order valence-electron chi connectivity index (χ2n) is 6.51. The van der Waals surface area contributed by atoms with Crippen molar-refractivity contribution in [2.24, 2.45) is 0 Å². The average molecular weight is 352 g/mol. The fourth-order valence-corrected chi connectivity index (χ4v) is 3.25. The highest BCUT2D eigenvalue weighted by Crippen LogP contribution is 2.19. The summed E-state index contributed by atoms with van der Waals surface area (Å²) in [7, 11) is 1.63. The predicted octanol–water partition coefficient (Wildman–Crippen LogP) is 2.93. The molecule has 3 rings (SSSR count). The van der Waals surface area contributed by atoms with Crippen LogP contribution >= 0.6 is 0 Å². The van der Waals surface area contributed by atoms with E-state index in [-0.39, 0.29) is 17.9 Å². The topological polar surface area (TPSA) is 58.6 Å². The van der Waals surface area contributed by atoms with E-state index in [9.17, 15) is 9.59 Å². The van der Waals surface area contributed by atoms with E-state index in [0.29, 0.717) is 25.1 Å². The van der Waals surface area contributed by atoms with Gasteiger partial charge in [-0.1, -0.05) is 42.5 Å². The van der Waals surface area contributed by atoms with Crippen LogP contribution in [-0.4, -0.2) is 36.9 Å². The van der Waals surface area contributed by atoms with Crippen molar-refractivity contribution in [1.29, 1.82) is 0 Å². The quantitative estimate of drug-likeness (QED) is 0.833. The van der Waals surface area contributed by atoms with Gasteiger partial charge in [0.15, 0.2) is 0 Å². The van der Waals surface area contributed by atoms with Crippen molar-refractivity contribution in [3.63, 3.8) is 0 Å². The molecule has 1 atom stereocenters. The number of nitrogens with zero attached hydrogens (tertiary/aromatic N) is 1. The summed E-state index contributed by atoms with van der Waals surface area (Å²) in [4.78, 5) is 26.6. The van der Waals surface area contributed by atoms with E-state index in [1.54, 1.807) is 13.2 Å². The molecule has 1 heterocycles. The van der Waals surface area contributed by atoms with Gasteiger partial charge in [0, 0.05) is 32.2 Å². The van der Waals surface area contributed by atoms with Crippen molar-refractivity contribution in [1.82, 2.24) is 10.2 Å². The van der Waals surface area contributed by atoms with Crippen LogP contribution in [0.4, 0.5) is 0 Å². The van der Waals surface area contributed by atoms with Crippen LogP contribution in [-0.2, 0) is 16.1 Å². The summed E-state index contributed by atoms with van der Waals surface area (Å²) in [6.45, 7) is 1.71. The Labute approximate surface area is 154 Å². The molecule has 2 amide bonds. The molecular formula is C21H24N2O3. The molecule has 1 aliphatic rings. The average Bonchev–Trinajstić information content (AvgIpc) is 3.07. The summed E-state index contributed by atoms with van der Waals surface area (Å²) in [5, 5.41) is 3.09. The molecule has 1 aliphatic heterocycles. The molecule has 0 spiro atoms. The van der Waals surface area contributed by atoms with Gasteiger partial charge in [0.2, 0.25) is 5.91 Å². The third-order valence-corrected chi connectivity index (χ3v) is 4.58. The number of nitrogens with one attached hydrogen (secondary N) is 1. The van der Waals surface area contributed by atoms with Crippen molar-refractivity contribution in [2.75, 3.05) is 20.2 Å². The van der Waals surface area contributed by atoms with E-state index >= 15 is 0 Å². The maximum Gasteiger partial charge on any atom is 0.251 e. The highest BCUT2D eigenvalue weighted by Gasteiger charge is 2.25. The standard InChI is InChI=1S/C21H24N2O3/c1-26-15-16-7-5-10-18(13-16)21(25)22-19(17-8-3-2-4-9-17)14-23-12-6-11-20(23)24/h2-5,7-10,13,19H,6,11-12,14-15H2,1H3,(H,22,25). The van der Waals surface area contributed by atoms with E-state index in [0.717, 1.165) is 24.1 Å². The smallest absolute Gasteiger partial charge is 0.251 e. The minimum absolute atomic E-state index is 0.150. The van der Waals surface area contributed by atoms with E-state index in [1.807, 2.05) is 53.4 Å². The molecule has 1 fully saturated rings. The lowest BCUT2D eigenvalue weighted by atomic mass is 10.0. The van der Waals surface area contributed by atoms with Crippen LogP contribution in [0, 0.1) is 0 Å². The number of hydrogen-bond acceptors (Lipinski definition) is 3. The molecule has 2 aromatic rings. The van der Waals surface area contributed by atoms with Crippen molar-refractivity contribution in [3.05, 3.63) is 71.3 Å². The third-order valence-electron chi connectivity index (χ3n) is 4.58. The minimum Gasteiger partial charge on any atom is -0.380 e. The van der Waals surface area contributed by atoms with Gasteiger partial charge in [0.25, 0.3) is 5.91 Å². The van der Waals surface area contributed by atoms with E-state index in [1.165, 1.54) is 0 Å². The van der Waals surface area contributed by atoms with Crippen molar-refractivity contribution >= 4 is 11.8 Å². The van der Waals surface area contributed by atoms with Gasteiger partial charge in [-0.25, -0.2) is 0 Å². The fraction of sp³-hybridized carbons (Fsp3) is 0.333. The molecule has 0 bridgehead atoms. The largest absolute Gasteiger partial charge is 0.380 e. The fourth-order valence-electron chi connectivity index (χ4n) is 3.25. The molecule has 136 valence electrons. The molecule has 1 saturated heterocycles. The predicted molar refractivity (Wildman–Crippen MR) is 99.6 cm³/mol. The Bertz CT molecular complexity index is 761. The first kappa shape index (κ1) is 18.1. The molecule has 5 heteroatoms. The van der Waals surface area contributed by atoms with Crippen LogP contribution in [0.25, 0.3) is 0 Å². The second kappa shape index (κ2) is 8.63. The monoisotopic (exact) mass is 352 g/mol. The van der Waals surface area contributed by atoms with Gasteiger partial charge >= 0.3 is 0 Å². The van der Waals surface area contributed by atoms with Crippen LogP contribution in [0.3, 0.4) is 0 Å². The van der Waals surface area contributed by atoms with Crippen molar-refractivity contribution < 1.29 is 14.3 Å². The number of carbonyl (C=O) groups excluding carboxylic acids is 2. The molecule has 0 aromatic heterocycles. The summed E-state index contributed by atoms with van der Waals surface area (Å²) in [6.07, 6.45) is 1.47. The van der Waals surface area contributed by atoms with Gasteiger partial charge in [0.05, 0.1) is 12.6 Å². The SMILES string of the molecule is COCc1cccc(C(=O)NC(CN2CCCC2=O)c2ccccc2)c1. The Balaban J connectivity index is 1.77. The Morgan fingerprint density at radius 1 is 1.19 bits per heavy atom. The van der Waals surface area contributed by atoms with Gasteiger partial charge in [-0.2, -0.15) is 0 Å². The number of likely N-dealkylation sites (tertiary alicyclic amines) is 1. The van der Waals surface area contributed by atoms with Crippen LogP contribution < -0.4 is 5.32 Å². The van der Waals surface area contributed by atoms with Crippen molar-refractivity contribution in [2.45, 2.75) is 25.5 Å². The molecule has 5 nitrogen and oxygen atoms in total. The molecule has 2 aromatic carbocycles. The number of amides is 2. The number of ether oxygens (including phenoxy) is 1. The van der Waals surface area contributed by atoms with Crippen LogP contribution in [0.1, 0.15) is 40.4 Å². The van der Waals surface area contributed by atoms with Gasteiger partial charge < -0.3 is 15.0 Å². The molecule has 1 N–H and O–H groups in total. The highest BCUT2D eigenvalue weighted by atomic mass is 16.5. The number of carbonyl (C=O) groups is 2. The van der Waals surface area contributed by atoms with Crippen molar-refractivity contribution in [3.8, 4) is 0 Å². The lowest BCUT2D eigenvalue weighted by Gasteiger charge is -2.25. The number of methoxy groups -OCH3 is 1. The lowest BCUT2D eigenvalue weighted by Crippen LogP contribution is -2.38. The van der Waals surface area contributed by atoms with Gasteiger partial charge in [-0.3, -0.25) is 9.59 Å². The number of hydrogen-bond donors (Lipinski definition) is 1. The lowest BCUT2D eigenvalue weighted by molar-refractivity contribution is -0.128. The maximum atomic E-state index is 12.8. The highest BCUT2D eigenvalue weighted by molar-refractivity contribution is 5.94. The molecule has 0 radical (unpaired) electrons. The van der Waals surface area contributed by atoms with Gasteiger partial charge in [0.1, 0.15) is 0 Å². The van der Waals surface area contributed by atoms with Crippen LogP contribution in [0.5, 0.6) is 0 Å². The van der Waals surface area contributed by atoms with Gasteiger partial charge in [-0.15, -0.1) is 0 Å². The molecular weight excluding hydrogens is 328 g/mol. The number of rotatable bonds is 7. The number of benzene rings is 2. The first-order valence-electron chi connectivity index (χ1n) is 8.89. The Morgan fingerprint density at radius 2 is 2.00 bits per heavy atom. The maximum absolute atomic E-state index is 12.8. The third kappa shape index (κ3) is 4.49. The summed E-state index contributed by atoms with van der Waals surface area (Å²) in [5.41, 5.74) is 2.54. The van der Waals surface area contributed by atoms with Crippen LogP contribution in [0.15, 0.2) is 54.6 Å². The summed E-state index contributed by atoms with van der Waals surface area (Å²) in [6, 6.07) is 17.0. The van der Waals surface area contributed by atoms with E-state index in [2.05, 4.69) is 5.32 Å². The molecule has 0 aliphatic carbocycles. The zero-order valence-corrected chi connectivity index (χ0v) is 15.0. The Kier molecular flexibility index (Phi) is 6.02. The molecule has 1 unspecified atom stereocenters. The second-order valence-corrected chi connectivity index (χ2v) is 6.51.